The van der Waals surface area contributed by atoms with Gasteiger partial charge in [0.2, 0.25) is 0 Å². The van der Waals surface area contributed by atoms with Crippen LogP contribution in [-0.2, 0) is 16.0 Å². The zero-order chi connectivity index (χ0) is 18.5. The number of carbonyl (C=O) groups is 1. The van der Waals surface area contributed by atoms with Crippen molar-refractivity contribution in [2.45, 2.75) is 45.9 Å². The third kappa shape index (κ3) is 3.35. The highest BCUT2D eigenvalue weighted by Crippen LogP contribution is 2.32. The topological polar surface area (TPSA) is 82.7 Å². The van der Waals surface area contributed by atoms with Crippen LogP contribution in [0.25, 0.3) is 22.4 Å². The number of aryl methyl sites for hydroxylation is 1. The fraction of sp³-hybridized carbons (Fsp3) is 0.421. The molecule has 0 radical (unpaired) electrons. The smallest absolute Gasteiger partial charge is 0.338 e. The average Bonchev–Trinajstić information content (AvgIpc) is 3.16. The predicted molar refractivity (Wildman–Crippen MR) is 94.9 cm³/mol. The van der Waals surface area contributed by atoms with Gasteiger partial charge in [-0.25, -0.2) is 4.79 Å². The van der Waals surface area contributed by atoms with Gasteiger partial charge in [-0.1, -0.05) is 5.16 Å². The minimum Gasteiger partial charge on any atom is -0.456 e. The van der Waals surface area contributed by atoms with E-state index in [2.05, 4.69) is 14.7 Å². The molecule has 0 N–H and O–H groups in total. The second kappa shape index (κ2) is 5.95. The van der Waals surface area contributed by atoms with Gasteiger partial charge in [0.1, 0.15) is 5.60 Å². The minimum absolute atomic E-state index is 0.230. The predicted octanol–water partition coefficient (Wildman–Crippen LogP) is 3.35. The lowest BCUT2D eigenvalue weighted by molar-refractivity contribution is 0.00697. The van der Waals surface area contributed by atoms with Crippen molar-refractivity contribution in [1.82, 2.24) is 14.7 Å². The number of carbonyl (C=O) groups excluding carboxylic acids is 1. The SMILES string of the molecule is Cc1noc(-c2cn(CC3CO3)c3ccc(C(=O)OC(C)(C)C)cc23)n1. The van der Waals surface area contributed by atoms with Crippen molar-refractivity contribution in [3.05, 3.63) is 35.8 Å². The fourth-order valence-electron chi connectivity index (χ4n) is 2.88. The van der Waals surface area contributed by atoms with Crippen LogP contribution in [0.2, 0.25) is 0 Å². The number of rotatable bonds is 4. The molecular formula is C19H21N3O4. The van der Waals surface area contributed by atoms with E-state index < -0.39 is 5.60 Å². The van der Waals surface area contributed by atoms with Gasteiger partial charge in [-0.2, -0.15) is 4.98 Å². The van der Waals surface area contributed by atoms with Gasteiger partial charge in [0, 0.05) is 17.1 Å². The lowest BCUT2D eigenvalue weighted by Gasteiger charge is -2.19. The Bertz CT molecular complexity index is 976. The highest BCUT2D eigenvalue weighted by molar-refractivity contribution is 6.00. The van der Waals surface area contributed by atoms with Crippen molar-refractivity contribution >= 4 is 16.9 Å². The van der Waals surface area contributed by atoms with Gasteiger partial charge < -0.3 is 18.6 Å². The van der Waals surface area contributed by atoms with Crippen molar-refractivity contribution in [3.8, 4) is 11.5 Å². The quantitative estimate of drug-likeness (QED) is 0.527. The summed E-state index contributed by atoms with van der Waals surface area (Å²) >= 11 is 0. The summed E-state index contributed by atoms with van der Waals surface area (Å²) in [6.45, 7) is 8.84. The molecule has 1 unspecified atom stereocenters. The van der Waals surface area contributed by atoms with E-state index in [1.165, 1.54) is 0 Å². The van der Waals surface area contributed by atoms with Gasteiger partial charge in [0.25, 0.3) is 5.89 Å². The van der Waals surface area contributed by atoms with E-state index in [9.17, 15) is 4.79 Å². The van der Waals surface area contributed by atoms with Crippen molar-refractivity contribution in [1.29, 1.82) is 0 Å². The molecular weight excluding hydrogens is 334 g/mol. The van der Waals surface area contributed by atoms with Crippen LogP contribution in [0, 0.1) is 6.92 Å². The zero-order valence-corrected chi connectivity index (χ0v) is 15.3. The molecule has 0 saturated carbocycles. The zero-order valence-electron chi connectivity index (χ0n) is 15.3. The highest BCUT2D eigenvalue weighted by atomic mass is 16.6. The third-order valence-corrected chi connectivity index (χ3v) is 4.08. The second-order valence-electron chi connectivity index (χ2n) is 7.53. The Morgan fingerprint density at radius 1 is 1.38 bits per heavy atom. The molecule has 7 nitrogen and oxygen atoms in total. The molecule has 3 heterocycles. The van der Waals surface area contributed by atoms with Gasteiger partial charge in [-0.15, -0.1) is 0 Å². The summed E-state index contributed by atoms with van der Waals surface area (Å²) in [4.78, 5) is 16.8. The third-order valence-electron chi connectivity index (χ3n) is 4.08. The molecule has 0 spiro atoms. The molecule has 1 fully saturated rings. The number of aromatic nitrogens is 3. The first-order chi connectivity index (χ1) is 12.3. The first-order valence-electron chi connectivity index (χ1n) is 8.59. The molecule has 1 aromatic carbocycles. The summed E-state index contributed by atoms with van der Waals surface area (Å²) in [5.41, 5.74) is 1.73. The van der Waals surface area contributed by atoms with Gasteiger partial charge >= 0.3 is 5.97 Å². The summed E-state index contributed by atoms with van der Waals surface area (Å²) < 4.78 is 18.3. The van der Waals surface area contributed by atoms with Crippen molar-refractivity contribution < 1.29 is 18.8 Å². The molecule has 26 heavy (non-hydrogen) atoms. The lowest BCUT2D eigenvalue weighted by Crippen LogP contribution is -2.23. The molecule has 1 saturated heterocycles. The number of esters is 1. The molecule has 7 heteroatoms. The average molecular weight is 355 g/mol. The molecule has 1 atom stereocenters. The molecule has 2 aromatic heterocycles. The van der Waals surface area contributed by atoms with Crippen molar-refractivity contribution in [2.24, 2.45) is 0 Å². The summed E-state index contributed by atoms with van der Waals surface area (Å²) in [6.07, 6.45) is 2.20. The largest absolute Gasteiger partial charge is 0.456 e. The highest BCUT2D eigenvalue weighted by Gasteiger charge is 2.26. The number of fused-ring (bicyclic) bond motifs is 1. The maximum atomic E-state index is 12.5. The monoisotopic (exact) mass is 355 g/mol. The summed E-state index contributed by atoms with van der Waals surface area (Å²) in [5, 5.41) is 4.75. The van der Waals surface area contributed by atoms with Crippen molar-refractivity contribution in [2.75, 3.05) is 6.61 Å². The first-order valence-corrected chi connectivity index (χ1v) is 8.59. The van der Waals surface area contributed by atoms with E-state index in [-0.39, 0.29) is 12.1 Å². The fourth-order valence-corrected chi connectivity index (χ4v) is 2.88. The molecule has 0 aliphatic carbocycles. The minimum atomic E-state index is -0.548. The summed E-state index contributed by atoms with van der Waals surface area (Å²) in [6, 6.07) is 5.52. The number of hydrogen-bond donors (Lipinski definition) is 0. The number of epoxide rings is 1. The molecule has 0 bridgehead atoms. The Kier molecular flexibility index (Phi) is 3.84. The standard InChI is InChI=1S/C19H21N3O4/c1-11-20-17(26-21-11)15-9-22(8-13-10-24-13)16-6-5-12(7-14(15)16)18(23)25-19(2,3)4/h5-7,9,13H,8,10H2,1-4H3. The Morgan fingerprint density at radius 3 is 2.77 bits per heavy atom. The van der Waals surface area contributed by atoms with Crippen LogP contribution in [0.15, 0.2) is 28.9 Å². The van der Waals surface area contributed by atoms with Crippen LogP contribution in [0.5, 0.6) is 0 Å². The summed E-state index contributed by atoms with van der Waals surface area (Å²) in [5.74, 6) is 0.643. The molecule has 136 valence electrons. The van der Waals surface area contributed by atoms with Crippen LogP contribution in [0.3, 0.4) is 0 Å². The number of hydrogen-bond acceptors (Lipinski definition) is 6. The molecule has 4 rings (SSSR count). The Morgan fingerprint density at radius 2 is 2.15 bits per heavy atom. The number of nitrogens with zero attached hydrogens (tertiary/aromatic N) is 3. The Labute approximate surface area is 150 Å². The molecule has 1 aliphatic rings. The van der Waals surface area contributed by atoms with E-state index in [1.54, 1.807) is 13.0 Å². The second-order valence-corrected chi connectivity index (χ2v) is 7.53. The molecule has 1 aliphatic heterocycles. The van der Waals surface area contributed by atoms with E-state index in [1.807, 2.05) is 39.1 Å². The normalized spacial score (nSPS) is 16.8. The first kappa shape index (κ1) is 16.8. The van der Waals surface area contributed by atoms with Gasteiger partial charge in [0.15, 0.2) is 5.82 Å². The Hall–Kier alpha value is -2.67. The van der Waals surface area contributed by atoms with Crippen LogP contribution in [0.4, 0.5) is 0 Å². The molecule has 3 aromatic rings. The van der Waals surface area contributed by atoms with E-state index >= 15 is 0 Å². The lowest BCUT2D eigenvalue weighted by atomic mass is 10.1. The van der Waals surface area contributed by atoms with Crippen LogP contribution in [-0.4, -0.2) is 39.0 Å². The van der Waals surface area contributed by atoms with E-state index in [4.69, 9.17) is 14.0 Å². The van der Waals surface area contributed by atoms with Crippen LogP contribution in [0.1, 0.15) is 37.0 Å². The Balaban J connectivity index is 1.80. The van der Waals surface area contributed by atoms with Gasteiger partial charge in [0.05, 0.1) is 30.4 Å². The van der Waals surface area contributed by atoms with E-state index in [0.29, 0.717) is 17.3 Å². The number of ether oxygens (including phenoxy) is 2. The van der Waals surface area contributed by atoms with Crippen molar-refractivity contribution in [3.63, 3.8) is 0 Å². The molecule has 0 amide bonds. The maximum Gasteiger partial charge on any atom is 0.338 e. The van der Waals surface area contributed by atoms with E-state index in [0.717, 1.165) is 29.6 Å². The van der Waals surface area contributed by atoms with Gasteiger partial charge in [-0.3, -0.25) is 0 Å². The summed E-state index contributed by atoms with van der Waals surface area (Å²) in [7, 11) is 0. The van der Waals surface area contributed by atoms with Gasteiger partial charge in [-0.05, 0) is 45.9 Å². The number of benzene rings is 1. The van der Waals surface area contributed by atoms with Crippen LogP contribution < -0.4 is 0 Å². The maximum absolute atomic E-state index is 12.5. The van der Waals surface area contributed by atoms with Crippen LogP contribution >= 0.6 is 0 Å².